The molecule has 1 aromatic carbocycles. The van der Waals surface area contributed by atoms with Crippen LogP contribution in [-0.2, 0) is 14.3 Å². The fourth-order valence-electron chi connectivity index (χ4n) is 2.92. The van der Waals surface area contributed by atoms with Crippen LogP contribution in [0.3, 0.4) is 0 Å². The molecular formula is C17H17ClN2O5S. The van der Waals surface area contributed by atoms with Crippen LogP contribution in [0.2, 0.25) is 5.02 Å². The number of thiazole rings is 1. The van der Waals surface area contributed by atoms with Crippen LogP contribution in [0.15, 0.2) is 23.0 Å². The maximum Gasteiger partial charge on any atom is 0.508 e. The molecule has 0 unspecified atom stereocenters. The molecule has 0 atom stereocenters. The lowest BCUT2D eigenvalue weighted by Gasteiger charge is -2.32. The fraction of sp³-hybridized carbons (Fsp3) is 0.412. The van der Waals surface area contributed by atoms with E-state index in [1.165, 1.54) is 4.57 Å². The average molecular weight is 397 g/mol. The molecule has 3 rings (SSSR count). The van der Waals surface area contributed by atoms with E-state index in [2.05, 4.69) is 0 Å². The zero-order valence-corrected chi connectivity index (χ0v) is 15.6. The first-order valence-corrected chi connectivity index (χ1v) is 9.38. The predicted octanol–water partition coefficient (Wildman–Crippen LogP) is 2.98. The molecule has 7 nitrogen and oxygen atoms in total. The second-order valence-corrected chi connectivity index (χ2v) is 7.16. The second-order valence-electron chi connectivity index (χ2n) is 5.73. The monoisotopic (exact) mass is 396 g/mol. The van der Waals surface area contributed by atoms with Crippen LogP contribution in [0.25, 0.3) is 16.0 Å². The number of hydrogen-bond donors (Lipinski definition) is 0. The van der Waals surface area contributed by atoms with E-state index >= 15 is 0 Å². The maximum atomic E-state index is 12.4. The van der Waals surface area contributed by atoms with Crippen molar-refractivity contribution >= 4 is 51.1 Å². The Labute approximate surface area is 158 Å². The first-order chi connectivity index (χ1) is 12.5. The number of halogens is 1. The van der Waals surface area contributed by atoms with Gasteiger partial charge in [0.25, 0.3) is 0 Å². The normalized spacial score (nSPS) is 14.9. The highest BCUT2D eigenvalue weighted by atomic mass is 35.5. The van der Waals surface area contributed by atoms with Gasteiger partial charge < -0.3 is 14.4 Å². The quantitative estimate of drug-likeness (QED) is 0.584. The molecule has 0 amide bonds. The highest BCUT2D eigenvalue weighted by molar-refractivity contribution is 7.16. The number of rotatable bonds is 4. The van der Waals surface area contributed by atoms with E-state index in [1.807, 2.05) is 5.94 Å². The van der Waals surface area contributed by atoms with Gasteiger partial charge in [-0.2, -0.15) is 0 Å². The number of piperidine rings is 1. The van der Waals surface area contributed by atoms with E-state index in [9.17, 15) is 14.4 Å². The van der Waals surface area contributed by atoms with Crippen molar-refractivity contribution in [2.24, 2.45) is 0 Å². The minimum absolute atomic E-state index is 0.151. The molecular weight excluding hydrogens is 380 g/mol. The molecule has 0 N–H and O–H groups in total. The number of benzene rings is 1. The summed E-state index contributed by atoms with van der Waals surface area (Å²) >= 11 is 7.08. The number of nitrogens with zero attached hydrogens (tertiary/aromatic N) is 2. The Bertz CT molecular complexity index is 923. The van der Waals surface area contributed by atoms with E-state index in [4.69, 9.17) is 21.1 Å². The van der Waals surface area contributed by atoms with Crippen LogP contribution in [0, 0.1) is 0 Å². The molecule has 9 heteroatoms. The van der Waals surface area contributed by atoms with Crippen molar-refractivity contribution in [1.29, 1.82) is 0 Å². The number of hydrogen-bond acceptors (Lipinski definition) is 7. The molecule has 1 saturated heterocycles. The van der Waals surface area contributed by atoms with Crippen molar-refractivity contribution in [2.45, 2.75) is 25.9 Å². The second kappa shape index (κ2) is 7.95. The van der Waals surface area contributed by atoms with Crippen molar-refractivity contribution < 1.29 is 19.1 Å². The molecule has 138 valence electrons. The lowest BCUT2D eigenvalue weighted by molar-refractivity contribution is 0.00768. The van der Waals surface area contributed by atoms with Crippen LogP contribution >= 0.6 is 22.9 Å². The first-order valence-electron chi connectivity index (χ1n) is 8.18. The van der Waals surface area contributed by atoms with Gasteiger partial charge in [0.1, 0.15) is 6.10 Å². The van der Waals surface area contributed by atoms with E-state index < -0.39 is 6.16 Å². The minimum Gasteiger partial charge on any atom is -0.435 e. The Morgan fingerprint density at radius 3 is 2.77 bits per heavy atom. The Balaban J connectivity index is 1.79. The SMILES string of the molecule is CCOC(=O)OC1CCN(C(=C=O)n2c(=O)sc3ccc(Cl)cc32)CC1. The fourth-order valence-corrected chi connectivity index (χ4v) is 3.94. The van der Waals surface area contributed by atoms with Crippen molar-refractivity contribution in [3.8, 4) is 0 Å². The smallest absolute Gasteiger partial charge is 0.435 e. The van der Waals surface area contributed by atoms with Crippen molar-refractivity contribution in [2.75, 3.05) is 19.7 Å². The van der Waals surface area contributed by atoms with Gasteiger partial charge in [0.05, 0.1) is 16.8 Å². The van der Waals surface area contributed by atoms with Gasteiger partial charge >= 0.3 is 11.0 Å². The molecule has 0 aliphatic carbocycles. The van der Waals surface area contributed by atoms with Crippen LogP contribution < -0.4 is 4.87 Å². The number of fused-ring (bicyclic) bond motifs is 1. The highest BCUT2D eigenvalue weighted by Crippen LogP contribution is 2.26. The molecule has 1 fully saturated rings. The standard InChI is InChI=1S/C17H17ClN2O5S/c1-2-24-17(23)25-12-5-7-19(8-6-12)15(10-21)20-13-9-11(18)3-4-14(13)26-16(20)22/h3-4,9,12H,2,5-8H2,1H3. The van der Waals surface area contributed by atoms with Gasteiger partial charge in [0, 0.05) is 31.0 Å². The maximum absolute atomic E-state index is 12.4. The average Bonchev–Trinajstić information content (AvgIpc) is 2.93. The van der Waals surface area contributed by atoms with E-state index in [0.717, 1.165) is 16.0 Å². The van der Waals surface area contributed by atoms with Gasteiger partial charge in [0.15, 0.2) is 5.94 Å². The Kier molecular flexibility index (Phi) is 5.66. The van der Waals surface area contributed by atoms with Gasteiger partial charge in [-0.15, -0.1) is 0 Å². The third-order valence-electron chi connectivity index (χ3n) is 4.11. The molecule has 0 bridgehead atoms. The molecule has 26 heavy (non-hydrogen) atoms. The summed E-state index contributed by atoms with van der Waals surface area (Å²) in [7, 11) is 0. The van der Waals surface area contributed by atoms with Gasteiger partial charge in [-0.05, 0) is 25.1 Å². The molecule has 1 aliphatic heterocycles. The summed E-state index contributed by atoms with van der Waals surface area (Å²) < 4.78 is 12.1. The van der Waals surface area contributed by atoms with Gasteiger partial charge in [-0.3, -0.25) is 4.79 Å². The molecule has 0 spiro atoms. The van der Waals surface area contributed by atoms with Crippen LogP contribution in [0.4, 0.5) is 4.79 Å². The third-order valence-corrected chi connectivity index (χ3v) is 5.27. The van der Waals surface area contributed by atoms with Crippen molar-refractivity contribution in [3.05, 3.63) is 32.9 Å². The van der Waals surface area contributed by atoms with Gasteiger partial charge in [0.2, 0.25) is 5.82 Å². The molecule has 0 saturated carbocycles. The minimum atomic E-state index is -0.688. The lowest BCUT2D eigenvalue weighted by atomic mass is 10.1. The van der Waals surface area contributed by atoms with Gasteiger partial charge in [-0.1, -0.05) is 22.9 Å². The van der Waals surface area contributed by atoms with Crippen molar-refractivity contribution in [1.82, 2.24) is 9.47 Å². The molecule has 1 aromatic heterocycles. The summed E-state index contributed by atoms with van der Waals surface area (Å²) in [5.41, 5.74) is 0.579. The number of ether oxygens (including phenoxy) is 2. The Hall–Kier alpha value is -2.28. The molecule has 0 radical (unpaired) electrons. The molecule has 2 aromatic rings. The summed E-state index contributed by atoms with van der Waals surface area (Å²) in [4.78, 5) is 36.9. The van der Waals surface area contributed by atoms with E-state index in [0.29, 0.717) is 36.5 Å². The first kappa shape index (κ1) is 18.5. The van der Waals surface area contributed by atoms with E-state index in [1.54, 1.807) is 30.0 Å². The van der Waals surface area contributed by atoms with Gasteiger partial charge in [-0.25, -0.2) is 14.2 Å². The number of aromatic nitrogens is 1. The van der Waals surface area contributed by atoms with E-state index in [-0.39, 0.29) is 23.4 Å². The number of carbonyl (C=O) groups excluding carboxylic acids is 2. The zero-order chi connectivity index (χ0) is 18.7. The summed E-state index contributed by atoms with van der Waals surface area (Å²) in [6.45, 7) is 2.88. The summed E-state index contributed by atoms with van der Waals surface area (Å²) in [5.74, 6) is 2.04. The summed E-state index contributed by atoms with van der Waals surface area (Å²) in [5, 5.41) is 0.482. The molecule has 1 aliphatic rings. The number of carbonyl (C=O) groups is 1. The van der Waals surface area contributed by atoms with Crippen LogP contribution in [0.5, 0.6) is 0 Å². The Morgan fingerprint density at radius 1 is 1.38 bits per heavy atom. The van der Waals surface area contributed by atoms with Crippen molar-refractivity contribution in [3.63, 3.8) is 0 Å². The largest absolute Gasteiger partial charge is 0.508 e. The Morgan fingerprint density at radius 2 is 2.12 bits per heavy atom. The topological polar surface area (TPSA) is 77.8 Å². The zero-order valence-electron chi connectivity index (χ0n) is 14.1. The molecule has 2 heterocycles. The highest BCUT2D eigenvalue weighted by Gasteiger charge is 2.27. The van der Waals surface area contributed by atoms with Crippen LogP contribution in [0.1, 0.15) is 19.8 Å². The predicted molar refractivity (Wildman–Crippen MR) is 99.2 cm³/mol. The summed E-state index contributed by atoms with van der Waals surface area (Å²) in [6.07, 6.45) is 0.0961. The summed E-state index contributed by atoms with van der Waals surface area (Å²) in [6, 6.07) is 5.11. The van der Waals surface area contributed by atoms with Crippen LogP contribution in [-0.4, -0.2) is 47.4 Å². The lowest BCUT2D eigenvalue weighted by Crippen LogP contribution is -2.39. The third kappa shape index (κ3) is 3.77. The number of likely N-dealkylation sites (tertiary alicyclic amines) is 1.